The van der Waals surface area contributed by atoms with Crippen LogP contribution < -0.4 is 10.2 Å². The van der Waals surface area contributed by atoms with Gasteiger partial charge in [0.2, 0.25) is 0 Å². The molecule has 0 amide bonds. The third kappa shape index (κ3) is 4.46. The minimum absolute atomic E-state index is 0.0448. The first-order valence-corrected chi connectivity index (χ1v) is 8.77. The summed E-state index contributed by atoms with van der Waals surface area (Å²) >= 11 is 0. The molecule has 9 nitrogen and oxygen atoms in total. The van der Waals surface area contributed by atoms with Gasteiger partial charge in [-0.2, -0.15) is 5.10 Å². The Morgan fingerprint density at radius 1 is 1.03 bits per heavy atom. The van der Waals surface area contributed by atoms with Crippen LogP contribution in [0.1, 0.15) is 19.4 Å². The minimum Gasteiger partial charge on any atom is -0.490 e. The molecule has 0 bridgehead atoms. The molecule has 3 rings (SSSR count). The molecule has 29 heavy (non-hydrogen) atoms. The second-order valence-corrected chi connectivity index (χ2v) is 6.45. The number of nitro benzene ring substituents is 2. The number of non-ortho nitro benzene ring substituents is 1. The number of hydrogen-bond acceptors (Lipinski definition) is 7. The lowest BCUT2D eigenvalue weighted by atomic mass is 10.0. The number of rotatable bonds is 7. The van der Waals surface area contributed by atoms with E-state index in [0.29, 0.717) is 11.3 Å². The highest BCUT2D eigenvalue weighted by atomic mass is 16.6. The van der Waals surface area contributed by atoms with Gasteiger partial charge in [0.05, 0.1) is 28.2 Å². The monoisotopic (exact) mass is 394 g/mol. The molecule has 0 aromatic heterocycles. The van der Waals surface area contributed by atoms with E-state index in [1.54, 1.807) is 0 Å². The number of benzene rings is 3. The van der Waals surface area contributed by atoms with Crippen molar-refractivity contribution in [3.63, 3.8) is 0 Å². The van der Waals surface area contributed by atoms with E-state index in [1.165, 1.54) is 18.3 Å². The SMILES string of the molecule is CC(C)Oc1ccc2ccccc2c1/C=N\Nc1ccc([N+](=O)[O-])cc1[N+](=O)[O-]. The highest BCUT2D eigenvalue weighted by molar-refractivity contribution is 6.02. The van der Waals surface area contributed by atoms with Gasteiger partial charge >= 0.3 is 5.69 Å². The van der Waals surface area contributed by atoms with Gasteiger partial charge in [-0.3, -0.25) is 25.7 Å². The van der Waals surface area contributed by atoms with Crippen LogP contribution >= 0.6 is 0 Å². The van der Waals surface area contributed by atoms with Gasteiger partial charge in [0.25, 0.3) is 5.69 Å². The molecule has 0 heterocycles. The van der Waals surface area contributed by atoms with E-state index in [0.717, 1.165) is 16.8 Å². The summed E-state index contributed by atoms with van der Waals surface area (Å²) in [5, 5.41) is 28.1. The number of hydrogen-bond donors (Lipinski definition) is 1. The van der Waals surface area contributed by atoms with Crippen molar-refractivity contribution in [2.24, 2.45) is 5.10 Å². The van der Waals surface area contributed by atoms with Crippen LogP contribution in [0.5, 0.6) is 5.75 Å². The number of nitrogens with zero attached hydrogens (tertiary/aromatic N) is 3. The van der Waals surface area contributed by atoms with Gasteiger partial charge in [-0.25, -0.2) is 0 Å². The number of nitro groups is 2. The lowest BCUT2D eigenvalue weighted by Crippen LogP contribution is -2.08. The quantitative estimate of drug-likeness (QED) is 0.346. The Kier molecular flexibility index (Phi) is 5.68. The Bertz CT molecular complexity index is 1110. The van der Waals surface area contributed by atoms with Crippen molar-refractivity contribution < 1.29 is 14.6 Å². The molecule has 148 valence electrons. The lowest BCUT2D eigenvalue weighted by molar-refractivity contribution is -0.393. The van der Waals surface area contributed by atoms with Crippen LogP contribution in [0.15, 0.2) is 59.7 Å². The minimum atomic E-state index is -0.698. The maximum absolute atomic E-state index is 11.3. The molecule has 0 saturated heterocycles. The van der Waals surface area contributed by atoms with Crippen LogP contribution in [0.3, 0.4) is 0 Å². The van der Waals surface area contributed by atoms with Crippen molar-refractivity contribution >= 4 is 34.0 Å². The predicted molar refractivity (Wildman–Crippen MR) is 111 cm³/mol. The maximum atomic E-state index is 11.3. The molecule has 0 spiro atoms. The first-order chi connectivity index (χ1) is 13.9. The topological polar surface area (TPSA) is 120 Å². The molecule has 0 fully saturated rings. The van der Waals surface area contributed by atoms with E-state index in [4.69, 9.17) is 4.74 Å². The zero-order valence-corrected chi connectivity index (χ0v) is 15.7. The van der Waals surface area contributed by atoms with Gasteiger partial charge in [-0.15, -0.1) is 0 Å². The summed E-state index contributed by atoms with van der Waals surface area (Å²) in [6, 6.07) is 14.8. The van der Waals surface area contributed by atoms with Crippen molar-refractivity contribution in [1.29, 1.82) is 0 Å². The largest absolute Gasteiger partial charge is 0.490 e. The Balaban J connectivity index is 1.97. The van der Waals surface area contributed by atoms with Gasteiger partial charge in [0, 0.05) is 11.6 Å². The lowest BCUT2D eigenvalue weighted by Gasteiger charge is -2.14. The van der Waals surface area contributed by atoms with Crippen LogP contribution in [-0.4, -0.2) is 22.2 Å². The molecule has 3 aromatic rings. The van der Waals surface area contributed by atoms with Gasteiger partial charge in [-0.1, -0.05) is 30.3 Å². The molecule has 0 aliphatic rings. The van der Waals surface area contributed by atoms with Crippen molar-refractivity contribution in [1.82, 2.24) is 0 Å². The maximum Gasteiger partial charge on any atom is 0.301 e. The van der Waals surface area contributed by atoms with Gasteiger partial charge in [0.15, 0.2) is 0 Å². The molecule has 0 radical (unpaired) electrons. The van der Waals surface area contributed by atoms with Gasteiger partial charge < -0.3 is 4.74 Å². The Morgan fingerprint density at radius 2 is 1.79 bits per heavy atom. The van der Waals surface area contributed by atoms with E-state index in [1.807, 2.05) is 50.2 Å². The highest BCUT2D eigenvalue weighted by Gasteiger charge is 2.19. The van der Waals surface area contributed by atoms with Crippen LogP contribution in [0.25, 0.3) is 10.8 Å². The summed E-state index contributed by atoms with van der Waals surface area (Å²) in [6.45, 7) is 3.82. The van der Waals surface area contributed by atoms with Crippen molar-refractivity contribution in [2.45, 2.75) is 20.0 Å². The molecule has 9 heteroatoms. The van der Waals surface area contributed by atoms with E-state index in [-0.39, 0.29) is 17.5 Å². The first-order valence-electron chi connectivity index (χ1n) is 8.77. The first kappa shape index (κ1) is 19.7. The number of hydrazone groups is 1. The molecule has 0 aliphatic heterocycles. The Labute approximate surface area is 165 Å². The fourth-order valence-corrected chi connectivity index (χ4v) is 2.81. The van der Waals surface area contributed by atoms with Crippen LogP contribution in [0, 0.1) is 20.2 Å². The van der Waals surface area contributed by atoms with Crippen LogP contribution in [-0.2, 0) is 0 Å². The number of anilines is 1. The standard InChI is InChI=1S/C20H18N4O5/c1-13(2)29-20-10-7-14-5-3-4-6-16(14)17(20)12-21-22-18-9-8-15(23(25)26)11-19(18)24(27)28/h3-13,22H,1-2H3/b21-12-. The normalized spacial score (nSPS) is 11.1. The summed E-state index contributed by atoms with van der Waals surface area (Å²) in [7, 11) is 0. The zero-order valence-electron chi connectivity index (χ0n) is 15.7. The molecule has 0 unspecified atom stereocenters. The third-order valence-electron chi connectivity index (χ3n) is 4.06. The molecule has 0 atom stereocenters. The molecule has 0 aliphatic carbocycles. The zero-order chi connectivity index (χ0) is 21.0. The summed E-state index contributed by atoms with van der Waals surface area (Å²) in [4.78, 5) is 20.7. The van der Waals surface area contributed by atoms with Crippen LogP contribution in [0.2, 0.25) is 0 Å². The molecule has 1 N–H and O–H groups in total. The predicted octanol–water partition coefficient (Wildman–Crippen LogP) is 4.89. The number of ether oxygens (including phenoxy) is 1. The van der Waals surface area contributed by atoms with Crippen molar-refractivity contribution in [3.8, 4) is 5.75 Å². The Hall–Kier alpha value is -4.01. The van der Waals surface area contributed by atoms with Gasteiger partial charge in [-0.05, 0) is 36.8 Å². The number of fused-ring (bicyclic) bond motifs is 1. The van der Waals surface area contributed by atoms with E-state index in [2.05, 4.69) is 10.5 Å². The van der Waals surface area contributed by atoms with Crippen LogP contribution in [0.4, 0.5) is 17.1 Å². The second kappa shape index (κ2) is 8.34. The van der Waals surface area contributed by atoms with E-state index >= 15 is 0 Å². The fraction of sp³-hybridized carbons (Fsp3) is 0.150. The Morgan fingerprint density at radius 3 is 2.48 bits per heavy atom. The molecular formula is C20H18N4O5. The number of nitrogens with one attached hydrogen (secondary N) is 1. The summed E-state index contributed by atoms with van der Waals surface area (Å²) in [5.41, 5.74) is 2.56. The van der Waals surface area contributed by atoms with E-state index < -0.39 is 15.5 Å². The average molecular weight is 394 g/mol. The second-order valence-electron chi connectivity index (χ2n) is 6.45. The van der Waals surface area contributed by atoms with Gasteiger partial charge in [0.1, 0.15) is 11.4 Å². The molecule has 3 aromatic carbocycles. The van der Waals surface area contributed by atoms with Crippen molar-refractivity contribution in [3.05, 3.63) is 80.4 Å². The fourth-order valence-electron chi connectivity index (χ4n) is 2.81. The molecule has 0 saturated carbocycles. The van der Waals surface area contributed by atoms with E-state index in [9.17, 15) is 20.2 Å². The third-order valence-corrected chi connectivity index (χ3v) is 4.06. The molecular weight excluding hydrogens is 376 g/mol. The van der Waals surface area contributed by atoms with Crippen molar-refractivity contribution in [2.75, 3.05) is 5.43 Å². The summed E-state index contributed by atoms with van der Waals surface area (Å²) < 4.78 is 5.86. The summed E-state index contributed by atoms with van der Waals surface area (Å²) in [5.74, 6) is 0.627. The smallest absolute Gasteiger partial charge is 0.301 e. The summed E-state index contributed by atoms with van der Waals surface area (Å²) in [6.07, 6.45) is 1.47. The average Bonchev–Trinajstić information content (AvgIpc) is 2.68. The highest BCUT2D eigenvalue weighted by Crippen LogP contribution is 2.30.